The van der Waals surface area contributed by atoms with Crippen LogP contribution in [0.5, 0.6) is 0 Å². The highest BCUT2D eigenvalue weighted by Crippen LogP contribution is 2.16. The molecule has 0 aliphatic heterocycles. The Balaban J connectivity index is 3.07. The number of aryl methyl sites for hydroxylation is 1. The molecule has 1 aromatic rings. The zero-order valence-electron chi connectivity index (χ0n) is 11.2. The second-order valence-electron chi connectivity index (χ2n) is 4.43. The van der Waals surface area contributed by atoms with Crippen LogP contribution in [-0.4, -0.2) is 27.5 Å². The van der Waals surface area contributed by atoms with Gasteiger partial charge in [-0.3, -0.25) is 9.59 Å². The molecule has 0 aromatic carbocycles. The number of nitrogens with one attached hydrogen (secondary N) is 2. The third-order valence-electron chi connectivity index (χ3n) is 3.27. The number of aromatic nitrogens is 1. The molecule has 0 unspecified atom stereocenters. The first kappa shape index (κ1) is 14.9. The SMILES string of the molecule is CCC(CC)(NC(=O)c1ccc(C)[nH]c1=O)C(=O)O. The molecule has 0 saturated carbocycles. The minimum Gasteiger partial charge on any atom is -0.480 e. The van der Waals surface area contributed by atoms with Crippen LogP contribution in [0.4, 0.5) is 0 Å². The highest BCUT2D eigenvalue weighted by atomic mass is 16.4. The number of carboxylic acids is 1. The van der Waals surface area contributed by atoms with Gasteiger partial charge in [0.05, 0.1) is 0 Å². The smallest absolute Gasteiger partial charge is 0.329 e. The number of carbonyl (C=O) groups excluding carboxylic acids is 1. The molecule has 0 aliphatic carbocycles. The Labute approximate surface area is 110 Å². The third-order valence-corrected chi connectivity index (χ3v) is 3.27. The van der Waals surface area contributed by atoms with Crippen molar-refractivity contribution in [2.75, 3.05) is 0 Å². The van der Waals surface area contributed by atoms with Gasteiger partial charge in [-0.15, -0.1) is 0 Å². The van der Waals surface area contributed by atoms with Gasteiger partial charge in [-0.25, -0.2) is 4.79 Å². The summed E-state index contributed by atoms with van der Waals surface area (Å²) in [5.74, 6) is -1.78. The van der Waals surface area contributed by atoms with E-state index in [-0.39, 0.29) is 18.4 Å². The Morgan fingerprint density at radius 2 is 1.89 bits per heavy atom. The lowest BCUT2D eigenvalue weighted by Crippen LogP contribution is -2.54. The van der Waals surface area contributed by atoms with Crippen molar-refractivity contribution in [3.8, 4) is 0 Å². The Morgan fingerprint density at radius 3 is 2.32 bits per heavy atom. The van der Waals surface area contributed by atoms with E-state index in [0.717, 1.165) is 0 Å². The van der Waals surface area contributed by atoms with Gasteiger partial charge in [0.2, 0.25) is 0 Å². The maximum absolute atomic E-state index is 12.0. The first-order valence-corrected chi connectivity index (χ1v) is 6.12. The van der Waals surface area contributed by atoms with Crippen molar-refractivity contribution in [1.29, 1.82) is 0 Å². The standard InChI is InChI=1S/C13H18N2O4/c1-4-13(5-2,12(18)19)15-11(17)9-7-6-8(3)14-10(9)16/h6-7H,4-5H2,1-3H3,(H,14,16)(H,15,17)(H,18,19). The topological polar surface area (TPSA) is 99.3 Å². The van der Waals surface area contributed by atoms with Crippen molar-refractivity contribution in [2.45, 2.75) is 39.2 Å². The number of aromatic amines is 1. The molecule has 1 amide bonds. The monoisotopic (exact) mass is 266 g/mol. The van der Waals surface area contributed by atoms with E-state index in [1.54, 1.807) is 26.8 Å². The first-order chi connectivity index (χ1) is 8.86. The molecule has 0 aliphatic rings. The van der Waals surface area contributed by atoms with Gasteiger partial charge in [-0.1, -0.05) is 13.8 Å². The molecule has 3 N–H and O–H groups in total. The van der Waals surface area contributed by atoms with Crippen LogP contribution in [0.25, 0.3) is 0 Å². The van der Waals surface area contributed by atoms with Gasteiger partial charge in [0.15, 0.2) is 0 Å². The fourth-order valence-electron chi connectivity index (χ4n) is 1.82. The molecular weight excluding hydrogens is 248 g/mol. The molecule has 0 fully saturated rings. The van der Waals surface area contributed by atoms with Crippen LogP contribution in [0.2, 0.25) is 0 Å². The van der Waals surface area contributed by atoms with Crippen molar-refractivity contribution < 1.29 is 14.7 Å². The molecule has 1 rings (SSSR count). The summed E-state index contributed by atoms with van der Waals surface area (Å²) in [6.07, 6.45) is 0.489. The minimum atomic E-state index is -1.34. The third kappa shape index (κ3) is 3.01. The fraction of sp³-hybridized carbons (Fsp3) is 0.462. The maximum atomic E-state index is 12.0. The van der Waals surface area contributed by atoms with E-state index in [4.69, 9.17) is 0 Å². The predicted molar refractivity (Wildman–Crippen MR) is 70.2 cm³/mol. The van der Waals surface area contributed by atoms with Crippen molar-refractivity contribution >= 4 is 11.9 Å². The zero-order chi connectivity index (χ0) is 14.6. The van der Waals surface area contributed by atoms with E-state index in [0.29, 0.717) is 5.69 Å². The number of hydrogen-bond donors (Lipinski definition) is 3. The summed E-state index contributed by atoms with van der Waals surface area (Å²) in [7, 11) is 0. The van der Waals surface area contributed by atoms with Crippen molar-refractivity contribution in [3.05, 3.63) is 33.7 Å². The Hall–Kier alpha value is -2.11. The predicted octanol–water partition coefficient (Wildman–Crippen LogP) is 1.06. The lowest BCUT2D eigenvalue weighted by Gasteiger charge is -2.27. The van der Waals surface area contributed by atoms with Gasteiger partial charge in [-0.2, -0.15) is 0 Å². The molecule has 0 saturated heterocycles. The second kappa shape index (κ2) is 5.69. The number of pyridine rings is 1. The molecule has 6 heteroatoms. The van der Waals surface area contributed by atoms with Gasteiger partial charge in [-0.05, 0) is 31.9 Å². The number of amides is 1. The lowest BCUT2D eigenvalue weighted by atomic mass is 9.92. The first-order valence-electron chi connectivity index (χ1n) is 6.12. The average molecular weight is 266 g/mol. The van der Waals surface area contributed by atoms with Gasteiger partial charge >= 0.3 is 5.97 Å². The quantitative estimate of drug-likeness (QED) is 0.741. The normalized spacial score (nSPS) is 11.1. The molecule has 0 atom stereocenters. The summed E-state index contributed by atoms with van der Waals surface area (Å²) in [4.78, 5) is 37.5. The van der Waals surface area contributed by atoms with Crippen molar-refractivity contribution in [3.63, 3.8) is 0 Å². The Kier molecular flexibility index (Phi) is 4.47. The molecule has 19 heavy (non-hydrogen) atoms. The van der Waals surface area contributed by atoms with Gasteiger partial charge < -0.3 is 15.4 Å². The minimum absolute atomic E-state index is 0.0851. The van der Waals surface area contributed by atoms with Crippen molar-refractivity contribution in [1.82, 2.24) is 10.3 Å². The maximum Gasteiger partial charge on any atom is 0.329 e. The van der Waals surface area contributed by atoms with E-state index in [1.807, 2.05) is 0 Å². The number of aliphatic carboxylic acids is 1. The van der Waals surface area contributed by atoms with Crippen molar-refractivity contribution in [2.24, 2.45) is 0 Å². The number of H-pyrrole nitrogens is 1. The Bertz CT molecular complexity index is 544. The second-order valence-corrected chi connectivity index (χ2v) is 4.43. The van der Waals surface area contributed by atoms with E-state index < -0.39 is 23.0 Å². The number of hydrogen-bond acceptors (Lipinski definition) is 3. The highest BCUT2D eigenvalue weighted by Gasteiger charge is 2.36. The summed E-state index contributed by atoms with van der Waals surface area (Å²) in [5, 5.41) is 11.7. The molecule has 0 bridgehead atoms. The summed E-state index contributed by atoms with van der Waals surface area (Å²) >= 11 is 0. The summed E-state index contributed by atoms with van der Waals surface area (Å²) < 4.78 is 0. The van der Waals surface area contributed by atoms with E-state index in [1.165, 1.54) is 6.07 Å². The fourth-order valence-corrected chi connectivity index (χ4v) is 1.82. The van der Waals surface area contributed by atoms with Crippen LogP contribution < -0.4 is 10.9 Å². The van der Waals surface area contributed by atoms with Crippen LogP contribution in [0, 0.1) is 6.92 Å². The zero-order valence-corrected chi connectivity index (χ0v) is 11.2. The number of rotatable bonds is 5. The number of carboxylic acid groups (broad SMARTS) is 1. The van der Waals surface area contributed by atoms with Crippen LogP contribution in [0.15, 0.2) is 16.9 Å². The molecule has 104 valence electrons. The van der Waals surface area contributed by atoms with E-state index >= 15 is 0 Å². The van der Waals surface area contributed by atoms with Crippen LogP contribution in [0.1, 0.15) is 42.7 Å². The van der Waals surface area contributed by atoms with Crippen LogP contribution in [-0.2, 0) is 4.79 Å². The summed E-state index contributed by atoms with van der Waals surface area (Å²) in [5.41, 5.74) is -1.31. The molecule has 0 radical (unpaired) electrons. The Morgan fingerprint density at radius 1 is 1.32 bits per heavy atom. The van der Waals surface area contributed by atoms with E-state index in [9.17, 15) is 19.5 Å². The average Bonchev–Trinajstić information content (AvgIpc) is 2.35. The largest absolute Gasteiger partial charge is 0.480 e. The van der Waals surface area contributed by atoms with Crippen LogP contribution >= 0.6 is 0 Å². The molecular formula is C13H18N2O4. The van der Waals surface area contributed by atoms with Gasteiger partial charge in [0.25, 0.3) is 11.5 Å². The summed E-state index contributed by atoms with van der Waals surface area (Å²) in [6, 6.07) is 2.98. The molecule has 0 spiro atoms. The highest BCUT2D eigenvalue weighted by molar-refractivity contribution is 5.97. The molecule has 6 nitrogen and oxygen atoms in total. The van der Waals surface area contributed by atoms with E-state index in [2.05, 4.69) is 10.3 Å². The van der Waals surface area contributed by atoms with Crippen LogP contribution in [0.3, 0.4) is 0 Å². The molecule has 1 aromatic heterocycles. The summed E-state index contributed by atoms with van der Waals surface area (Å²) in [6.45, 7) is 5.05. The lowest BCUT2D eigenvalue weighted by molar-refractivity contribution is -0.144. The molecule has 1 heterocycles. The number of carbonyl (C=O) groups is 2. The van der Waals surface area contributed by atoms with Gasteiger partial charge in [0.1, 0.15) is 11.1 Å². The van der Waals surface area contributed by atoms with Gasteiger partial charge in [0, 0.05) is 5.69 Å².